The summed E-state index contributed by atoms with van der Waals surface area (Å²) in [6.45, 7) is 10.5. The zero-order chi connectivity index (χ0) is 11.0. The molecule has 1 saturated heterocycles. The van der Waals surface area contributed by atoms with Crippen LogP contribution in [-0.2, 0) is 4.74 Å². The first-order chi connectivity index (χ1) is 6.65. The molecule has 2 nitrogen and oxygen atoms in total. The van der Waals surface area contributed by atoms with E-state index in [9.17, 15) is 0 Å². The van der Waals surface area contributed by atoms with Gasteiger partial charge in [0.1, 0.15) is 0 Å². The number of hydrogen-bond acceptors (Lipinski definition) is 2. The highest BCUT2D eigenvalue weighted by molar-refractivity contribution is 4.93. The molecule has 0 radical (unpaired) electrons. The van der Waals surface area contributed by atoms with E-state index in [0.29, 0.717) is 5.92 Å². The Hall–Kier alpha value is -0.500. The lowest BCUT2D eigenvalue weighted by molar-refractivity contribution is 0.173. The molecular weight excluding hydrogens is 174 g/mol. The second-order valence-electron chi connectivity index (χ2n) is 3.96. The molecule has 0 saturated carbocycles. The lowest BCUT2D eigenvalue weighted by atomic mass is 9.96. The third-order valence-corrected chi connectivity index (χ3v) is 2.44. The van der Waals surface area contributed by atoms with E-state index >= 15 is 0 Å². The molecule has 0 N–H and O–H groups in total. The SMILES string of the molecule is C=C(OC)C1CCN(C)CC1.CCC. The summed E-state index contributed by atoms with van der Waals surface area (Å²) in [6.07, 6.45) is 3.65. The minimum Gasteiger partial charge on any atom is -0.501 e. The van der Waals surface area contributed by atoms with Crippen molar-refractivity contribution in [1.82, 2.24) is 4.90 Å². The molecule has 0 aromatic carbocycles. The van der Waals surface area contributed by atoms with Crippen LogP contribution in [-0.4, -0.2) is 32.1 Å². The number of hydrogen-bond donors (Lipinski definition) is 0. The van der Waals surface area contributed by atoms with Crippen molar-refractivity contribution in [2.75, 3.05) is 27.2 Å². The van der Waals surface area contributed by atoms with Crippen molar-refractivity contribution in [2.45, 2.75) is 33.1 Å². The van der Waals surface area contributed by atoms with E-state index in [1.165, 1.54) is 32.4 Å². The van der Waals surface area contributed by atoms with Gasteiger partial charge >= 0.3 is 0 Å². The Morgan fingerprint density at radius 2 is 1.79 bits per heavy atom. The zero-order valence-corrected chi connectivity index (χ0v) is 10.2. The molecule has 2 heteroatoms. The highest BCUT2D eigenvalue weighted by atomic mass is 16.5. The number of piperidine rings is 1. The second kappa shape index (κ2) is 7.86. The summed E-state index contributed by atoms with van der Waals surface area (Å²) in [6, 6.07) is 0. The first-order valence-electron chi connectivity index (χ1n) is 5.56. The van der Waals surface area contributed by atoms with Gasteiger partial charge in [-0.3, -0.25) is 0 Å². The van der Waals surface area contributed by atoms with Crippen LogP contribution in [0, 0.1) is 5.92 Å². The molecular formula is C12H25NO. The van der Waals surface area contributed by atoms with Crippen LogP contribution in [0.4, 0.5) is 0 Å². The number of methoxy groups -OCH3 is 1. The van der Waals surface area contributed by atoms with Crippen LogP contribution in [0.2, 0.25) is 0 Å². The molecule has 0 bridgehead atoms. The summed E-state index contributed by atoms with van der Waals surface area (Å²) in [5.41, 5.74) is 0. The van der Waals surface area contributed by atoms with Gasteiger partial charge in [-0.05, 0) is 33.0 Å². The van der Waals surface area contributed by atoms with E-state index in [2.05, 4.69) is 32.4 Å². The number of nitrogens with zero attached hydrogens (tertiary/aromatic N) is 1. The Morgan fingerprint density at radius 1 is 1.36 bits per heavy atom. The molecule has 1 aliphatic rings. The number of ether oxygens (including phenoxy) is 1. The fourth-order valence-corrected chi connectivity index (χ4v) is 1.50. The van der Waals surface area contributed by atoms with E-state index in [0.717, 1.165) is 5.76 Å². The van der Waals surface area contributed by atoms with Crippen LogP contribution < -0.4 is 0 Å². The van der Waals surface area contributed by atoms with Gasteiger partial charge < -0.3 is 9.64 Å². The number of rotatable bonds is 2. The Kier molecular flexibility index (Phi) is 7.58. The molecule has 1 aliphatic heterocycles. The third kappa shape index (κ3) is 5.28. The molecule has 14 heavy (non-hydrogen) atoms. The zero-order valence-electron chi connectivity index (χ0n) is 10.2. The fraction of sp³-hybridized carbons (Fsp3) is 0.833. The van der Waals surface area contributed by atoms with Crippen molar-refractivity contribution < 1.29 is 4.74 Å². The Morgan fingerprint density at radius 3 is 2.14 bits per heavy atom. The monoisotopic (exact) mass is 199 g/mol. The van der Waals surface area contributed by atoms with Gasteiger partial charge in [0.15, 0.2) is 0 Å². The van der Waals surface area contributed by atoms with Crippen LogP contribution in [0.15, 0.2) is 12.3 Å². The molecule has 0 aliphatic carbocycles. The van der Waals surface area contributed by atoms with E-state index < -0.39 is 0 Å². The maximum absolute atomic E-state index is 5.11. The molecule has 1 fully saturated rings. The van der Waals surface area contributed by atoms with Crippen molar-refractivity contribution in [2.24, 2.45) is 5.92 Å². The van der Waals surface area contributed by atoms with Crippen molar-refractivity contribution >= 4 is 0 Å². The van der Waals surface area contributed by atoms with Gasteiger partial charge in [-0.25, -0.2) is 0 Å². The largest absolute Gasteiger partial charge is 0.501 e. The van der Waals surface area contributed by atoms with E-state index in [1.54, 1.807) is 7.11 Å². The minimum atomic E-state index is 0.594. The van der Waals surface area contributed by atoms with Gasteiger partial charge in [0, 0.05) is 5.92 Å². The summed E-state index contributed by atoms with van der Waals surface area (Å²) < 4.78 is 5.11. The highest BCUT2D eigenvalue weighted by Crippen LogP contribution is 2.22. The van der Waals surface area contributed by atoms with Gasteiger partial charge in [0.2, 0.25) is 0 Å². The van der Waals surface area contributed by atoms with Crippen LogP contribution in [0.25, 0.3) is 0 Å². The average molecular weight is 199 g/mol. The first kappa shape index (κ1) is 13.5. The van der Waals surface area contributed by atoms with Crippen LogP contribution >= 0.6 is 0 Å². The molecule has 0 amide bonds. The molecule has 1 rings (SSSR count). The van der Waals surface area contributed by atoms with Crippen molar-refractivity contribution in [3.8, 4) is 0 Å². The molecule has 84 valence electrons. The van der Waals surface area contributed by atoms with Gasteiger partial charge in [-0.15, -0.1) is 0 Å². The maximum atomic E-state index is 5.11. The highest BCUT2D eigenvalue weighted by Gasteiger charge is 2.19. The lowest BCUT2D eigenvalue weighted by Gasteiger charge is -2.29. The summed E-state index contributed by atoms with van der Waals surface area (Å²) in [7, 11) is 3.87. The lowest BCUT2D eigenvalue weighted by Crippen LogP contribution is -2.30. The molecule has 0 atom stereocenters. The predicted octanol–water partition coefficient (Wildman–Crippen LogP) is 2.90. The van der Waals surface area contributed by atoms with E-state index in [4.69, 9.17) is 4.74 Å². The normalized spacial score (nSPS) is 18.3. The molecule has 0 unspecified atom stereocenters. The number of likely N-dealkylation sites (tertiary alicyclic amines) is 1. The van der Waals surface area contributed by atoms with E-state index in [1.807, 2.05) is 0 Å². The standard InChI is InChI=1S/C9H17NO.C3H8/c1-8(11-3)9-4-6-10(2)7-5-9;1-3-2/h9H,1,4-7H2,2-3H3;3H2,1-2H3. The van der Waals surface area contributed by atoms with Crippen molar-refractivity contribution in [3.63, 3.8) is 0 Å². The summed E-state index contributed by atoms with van der Waals surface area (Å²) >= 11 is 0. The molecule has 0 aromatic heterocycles. The summed E-state index contributed by atoms with van der Waals surface area (Å²) in [5.74, 6) is 1.55. The van der Waals surface area contributed by atoms with Crippen molar-refractivity contribution in [3.05, 3.63) is 12.3 Å². The topological polar surface area (TPSA) is 12.5 Å². The smallest absolute Gasteiger partial charge is 0.0915 e. The fourth-order valence-electron chi connectivity index (χ4n) is 1.50. The van der Waals surface area contributed by atoms with Gasteiger partial charge in [0.05, 0.1) is 12.9 Å². The van der Waals surface area contributed by atoms with Crippen LogP contribution in [0.3, 0.4) is 0 Å². The quantitative estimate of drug-likeness (QED) is 0.634. The predicted molar refractivity (Wildman–Crippen MR) is 62.3 cm³/mol. The molecule has 0 aromatic rings. The second-order valence-corrected chi connectivity index (χ2v) is 3.96. The Balaban J connectivity index is 0.000000500. The summed E-state index contributed by atoms with van der Waals surface area (Å²) in [4.78, 5) is 2.35. The summed E-state index contributed by atoms with van der Waals surface area (Å²) in [5, 5.41) is 0. The molecule has 1 heterocycles. The third-order valence-electron chi connectivity index (χ3n) is 2.44. The van der Waals surface area contributed by atoms with Crippen LogP contribution in [0.1, 0.15) is 33.1 Å². The van der Waals surface area contributed by atoms with E-state index in [-0.39, 0.29) is 0 Å². The minimum absolute atomic E-state index is 0.594. The Labute approximate surface area is 88.9 Å². The number of allylic oxidation sites excluding steroid dienone is 1. The van der Waals surface area contributed by atoms with Crippen LogP contribution in [0.5, 0.6) is 0 Å². The average Bonchev–Trinajstić information content (AvgIpc) is 2.19. The first-order valence-corrected chi connectivity index (χ1v) is 5.56. The Bertz CT molecular complexity index is 148. The molecule has 0 spiro atoms. The maximum Gasteiger partial charge on any atom is 0.0915 e. The van der Waals surface area contributed by atoms with Gasteiger partial charge in [0.25, 0.3) is 0 Å². The van der Waals surface area contributed by atoms with Crippen molar-refractivity contribution in [1.29, 1.82) is 0 Å². The van der Waals surface area contributed by atoms with Gasteiger partial charge in [-0.1, -0.05) is 26.8 Å². The van der Waals surface area contributed by atoms with Gasteiger partial charge in [-0.2, -0.15) is 0 Å².